The van der Waals surface area contributed by atoms with E-state index in [1.807, 2.05) is 55.5 Å². The van der Waals surface area contributed by atoms with Gasteiger partial charge in [-0.25, -0.2) is 14.2 Å². The zero-order chi connectivity index (χ0) is 22.5. The second-order valence-electron chi connectivity index (χ2n) is 7.17. The lowest BCUT2D eigenvalue weighted by Gasteiger charge is -2.09. The van der Waals surface area contributed by atoms with Crippen LogP contribution in [0.3, 0.4) is 0 Å². The van der Waals surface area contributed by atoms with Gasteiger partial charge in [0.25, 0.3) is 0 Å². The number of carboxylic acid groups (broad SMARTS) is 1. The molecule has 0 saturated carbocycles. The molecule has 6 heteroatoms. The molecule has 0 aliphatic rings. The van der Waals surface area contributed by atoms with Gasteiger partial charge in [-0.05, 0) is 54.4 Å². The summed E-state index contributed by atoms with van der Waals surface area (Å²) in [7, 11) is 0. The Bertz CT molecular complexity index is 1240. The third-order valence-corrected chi connectivity index (χ3v) is 5.07. The first-order valence-electron chi connectivity index (χ1n) is 10.3. The van der Waals surface area contributed by atoms with Crippen LogP contribution in [0.1, 0.15) is 17.3 Å². The molecule has 0 aliphatic heterocycles. The summed E-state index contributed by atoms with van der Waals surface area (Å²) in [6, 6.07) is 20.9. The quantitative estimate of drug-likeness (QED) is 0.356. The molecule has 162 valence electrons. The molecular weight excluding hydrogens is 409 g/mol. The lowest BCUT2D eigenvalue weighted by Crippen LogP contribution is -2.06. The number of ether oxygens (including phenoxy) is 2. The molecule has 4 rings (SSSR count). The smallest absolute Gasteiger partial charge is 0.336 e. The molecule has 3 aromatic carbocycles. The van der Waals surface area contributed by atoms with Gasteiger partial charge in [-0.1, -0.05) is 36.4 Å². The van der Waals surface area contributed by atoms with Crippen molar-refractivity contribution in [2.24, 2.45) is 0 Å². The number of hydrogen-bond acceptors (Lipinski definition) is 4. The van der Waals surface area contributed by atoms with Crippen molar-refractivity contribution >= 4 is 16.9 Å². The minimum absolute atomic E-state index is 0.0218. The van der Waals surface area contributed by atoms with Gasteiger partial charge in [0.1, 0.15) is 18.2 Å². The number of benzene rings is 3. The second-order valence-corrected chi connectivity index (χ2v) is 7.17. The first-order valence-corrected chi connectivity index (χ1v) is 10.3. The van der Waals surface area contributed by atoms with Crippen molar-refractivity contribution in [1.82, 2.24) is 4.98 Å². The molecule has 0 amide bonds. The predicted molar refractivity (Wildman–Crippen MR) is 122 cm³/mol. The molecular formula is C26H22FNO4. The first kappa shape index (κ1) is 21.5. The fourth-order valence-corrected chi connectivity index (χ4v) is 3.46. The molecule has 0 aliphatic carbocycles. The summed E-state index contributed by atoms with van der Waals surface area (Å²) in [5.74, 6) is -0.836. The molecule has 5 nitrogen and oxygen atoms in total. The normalized spacial score (nSPS) is 10.9. The summed E-state index contributed by atoms with van der Waals surface area (Å²) in [4.78, 5) is 16.2. The van der Waals surface area contributed by atoms with Crippen molar-refractivity contribution in [1.29, 1.82) is 0 Å². The van der Waals surface area contributed by atoms with E-state index in [9.17, 15) is 14.3 Å². The van der Waals surface area contributed by atoms with Crippen molar-refractivity contribution in [2.75, 3.05) is 19.8 Å². The van der Waals surface area contributed by atoms with Crippen LogP contribution in [0, 0.1) is 5.82 Å². The van der Waals surface area contributed by atoms with Crippen molar-refractivity contribution in [2.45, 2.75) is 6.92 Å². The molecule has 0 saturated heterocycles. The number of rotatable bonds is 8. The third kappa shape index (κ3) is 4.76. The van der Waals surface area contributed by atoms with E-state index in [1.165, 1.54) is 24.3 Å². The molecule has 0 radical (unpaired) electrons. The highest BCUT2D eigenvalue weighted by atomic mass is 19.1. The van der Waals surface area contributed by atoms with Crippen molar-refractivity contribution in [3.8, 4) is 28.1 Å². The predicted octanol–water partition coefficient (Wildman–Crippen LogP) is 5.82. The molecule has 1 aromatic heterocycles. The van der Waals surface area contributed by atoms with E-state index in [-0.39, 0.29) is 10.9 Å². The minimum atomic E-state index is -1.12. The van der Waals surface area contributed by atoms with Gasteiger partial charge in [0.2, 0.25) is 0 Å². The van der Waals surface area contributed by atoms with Gasteiger partial charge in [0.15, 0.2) is 0 Å². The topological polar surface area (TPSA) is 68.7 Å². The number of carbonyl (C=O) groups is 1. The summed E-state index contributed by atoms with van der Waals surface area (Å²) in [5, 5.41) is 9.85. The number of halogens is 1. The van der Waals surface area contributed by atoms with E-state index >= 15 is 0 Å². The summed E-state index contributed by atoms with van der Waals surface area (Å²) in [5.41, 5.74) is 3.79. The number of pyridine rings is 1. The Morgan fingerprint density at radius 2 is 1.56 bits per heavy atom. The molecule has 0 unspecified atom stereocenters. The molecule has 1 N–H and O–H groups in total. The maximum Gasteiger partial charge on any atom is 0.336 e. The van der Waals surface area contributed by atoms with E-state index < -0.39 is 11.8 Å². The maximum absolute atomic E-state index is 13.6. The van der Waals surface area contributed by atoms with Gasteiger partial charge < -0.3 is 14.6 Å². The van der Waals surface area contributed by atoms with Crippen LogP contribution in [-0.4, -0.2) is 35.9 Å². The van der Waals surface area contributed by atoms with Crippen LogP contribution in [-0.2, 0) is 4.74 Å². The van der Waals surface area contributed by atoms with Crippen molar-refractivity contribution in [3.63, 3.8) is 0 Å². The van der Waals surface area contributed by atoms with Crippen LogP contribution < -0.4 is 4.74 Å². The largest absolute Gasteiger partial charge is 0.491 e. The number of aromatic carboxylic acids is 1. The molecule has 0 bridgehead atoms. The van der Waals surface area contributed by atoms with E-state index in [0.29, 0.717) is 31.0 Å². The number of nitrogens with zero attached hydrogens (tertiary/aromatic N) is 1. The highest BCUT2D eigenvalue weighted by Gasteiger charge is 2.14. The highest BCUT2D eigenvalue weighted by Crippen LogP contribution is 2.28. The summed E-state index contributed by atoms with van der Waals surface area (Å²) in [6.45, 7) is 3.68. The minimum Gasteiger partial charge on any atom is -0.491 e. The average Bonchev–Trinajstić information content (AvgIpc) is 2.81. The Labute approximate surface area is 185 Å². The van der Waals surface area contributed by atoms with Crippen LogP contribution in [0.5, 0.6) is 5.75 Å². The summed E-state index contributed by atoms with van der Waals surface area (Å²) >= 11 is 0. The fourth-order valence-electron chi connectivity index (χ4n) is 3.46. The molecule has 4 aromatic rings. The number of fused-ring (bicyclic) bond motifs is 1. The number of hydrogen-bond donors (Lipinski definition) is 1. The standard InChI is InChI=1S/C26H22FNO4/c1-2-31-13-14-32-21-10-7-18(8-11-21)17-3-5-19(6-4-17)25-16-23(26(29)30)22-15-20(27)9-12-24(22)28-25/h3-12,15-16H,2,13-14H2,1H3,(H,29,30). The van der Waals surface area contributed by atoms with Crippen molar-refractivity contribution in [3.05, 3.63) is 84.2 Å². The van der Waals surface area contributed by atoms with Crippen LogP contribution in [0.25, 0.3) is 33.3 Å². The molecule has 32 heavy (non-hydrogen) atoms. The Hall–Kier alpha value is -3.77. The van der Waals surface area contributed by atoms with Gasteiger partial charge in [-0.15, -0.1) is 0 Å². The van der Waals surface area contributed by atoms with E-state index in [1.54, 1.807) is 0 Å². The number of aromatic nitrogens is 1. The Kier molecular flexibility index (Phi) is 6.42. The SMILES string of the molecule is CCOCCOc1ccc(-c2ccc(-c3cc(C(=O)O)c4cc(F)ccc4n3)cc2)cc1. The Balaban J connectivity index is 1.57. The summed E-state index contributed by atoms with van der Waals surface area (Å²) < 4.78 is 24.5. The third-order valence-electron chi connectivity index (χ3n) is 5.07. The van der Waals surface area contributed by atoms with Crippen LogP contribution >= 0.6 is 0 Å². The maximum atomic E-state index is 13.6. The zero-order valence-electron chi connectivity index (χ0n) is 17.5. The lowest BCUT2D eigenvalue weighted by atomic mass is 10.0. The van der Waals surface area contributed by atoms with Gasteiger partial charge in [0.05, 0.1) is 23.4 Å². The highest BCUT2D eigenvalue weighted by molar-refractivity contribution is 6.03. The second kappa shape index (κ2) is 9.58. The summed E-state index contributed by atoms with van der Waals surface area (Å²) in [6.07, 6.45) is 0. The van der Waals surface area contributed by atoms with Gasteiger partial charge in [-0.2, -0.15) is 0 Å². The first-order chi connectivity index (χ1) is 15.5. The van der Waals surface area contributed by atoms with E-state index in [4.69, 9.17) is 9.47 Å². The molecule has 0 spiro atoms. The van der Waals surface area contributed by atoms with Gasteiger partial charge in [0, 0.05) is 17.6 Å². The zero-order valence-corrected chi connectivity index (χ0v) is 17.5. The van der Waals surface area contributed by atoms with Gasteiger partial charge >= 0.3 is 5.97 Å². The monoisotopic (exact) mass is 431 g/mol. The van der Waals surface area contributed by atoms with Crippen LogP contribution in [0.2, 0.25) is 0 Å². The fraction of sp³-hybridized carbons (Fsp3) is 0.154. The van der Waals surface area contributed by atoms with Gasteiger partial charge in [-0.3, -0.25) is 0 Å². The van der Waals surface area contributed by atoms with E-state index in [2.05, 4.69) is 4.98 Å². The Morgan fingerprint density at radius 1 is 0.906 bits per heavy atom. The van der Waals surface area contributed by atoms with E-state index in [0.717, 1.165) is 22.4 Å². The van der Waals surface area contributed by atoms with Crippen LogP contribution in [0.4, 0.5) is 4.39 Å². The van der Waals surface area contributed by atoms with Crippen molar-refractivity contribution < 1.29 is 23.8 Å². The van der Waals surface area contributed by atoms with Crippen LogP contribution in [0.15, 0.2) is 72.8 Å². The Morgan fingerprint density at radius 3 is 2.22 bits per heavy atom. The number of carboxylic acids is 1. The molecule has 0 atom stereocenters. The molecule has 0 fully saturated rings. The lowest BCUT2D eigenvalue weighted by molar-refractivity contribution is 0.0699. The molecule has 1 heterocycles. The average molecular weight is 431 g/mol.